The fourth-order valence-corrected chi connectivity index (χ4v) is 4.54. The van der Waals surface area contributed by atoms with Gasteiger partial charge in [-0.2, -0.15) is 0 Å². The Kier molecular flexibility index (Phi) is 3.19. The van der Waals surface area contributed by atoms with Gasteiger partial charge in [-0.25, -0.2) is 9.97 Å². The third-order valence-electron chi connectivity index (χ3n) is 4.79. The number of hydrogen-bond acceptors (Lipinski definition) is 6. The van der Waals surface area contributed by atoms with Gasteiger partial charge in [-0.15, -0.1) is 11.3 Å². The number of rotatable bonds is 3. The van der Waals surface area contributed by atoms with E-state index in [1.165, 1.54) is 11.7 Å². The standard InChI is InChI=1S/C18H17N5OS/c1-24-13-4-2-3-10-5-14(25-16(10)13)12-8-23(11-6-20-7-11)18-15(12)17(19)21-9-22-18/h2-5,8-9,11,20H,6-7H2,1H3,(H2,19,21,22). The van der Waals surface area contributed by atoms with Crippen LogP contribution in [0.4, 0.5) is 5.82 Å². The Hall–Kier alpha value is -2.64. The van der Waals surface area contributed by atoms with Crippen LogP contribution in [0.25, 0.3) is 31.6 Å². The number of benzene rings is 1. The highest BCUT2D eigenvalue weighted by molar-refractivity contribution is 7.22. The maximum absolute atomic E-state index is 6.22. The summed E-state index contributed by atoms with van der Waals surface area (Å²) in [6.45, 7) is 1.90. The van der Waals surface area contributed by atoms with Crippen molar-refractivity contribution in [2.24, 2.45) is 0 Å². The van der Waals surface area contributed by atoms with Crippen LogP contribution in [-0.2, 0) is 0 Å². The van der Waals surface area contributed by atoms with Crippen molar-refractivity contribution in [3.8, 4) is 16.2 Å². The first-order valence-electron chi connectivity index (χ1n) is 8.15. The Morgan fingerprint density at radius 2 is 2.20 bits per heavy atom. The second kappa shape index (κ2) is 5.44. The third kappa shape index (κ3) is 2.13. The lowest BCUT2D eigenvalue weighted by Gasteiger charge is -2.28. The van der Waals surface area contributed by atoms with Crippen molar-refractivity contribution >= 4 is 38.3 Å². The second-order valence-corrected chi connectivity index (χ2v) is 7.26. The molecular weight excluding hydrogens is 334 g/mol. The molecule has 1 aliphatic rings. The summed E-state index contributed by atoms with van der Waals surface area (Å²) in [6.07, 6.45) is 3.70. The molecule has 7 heteroatoms. The van der Waals surface area contributed by atoms with Crippen molar-refractivity contribution in [2.45, 2.75) is 6.04 Å². The lowest BCUT2D eigenvalue weighted by atomic mass is 10.1. The van der Waals surface area contributed by atoms with E-state index in [0.717, 1.165) is 45.0 Å². The molecule has 0 amide bonds. The van der Waals surface area contributed by atoms with Gasteiger partial charge in [-0.3, -0.25) is 0 Å². The average Bonchev–Trinajstić information content (AvgIpc) is 3.16. The number of nitrogens with one attached hydrogen (secondary N) is 1. The SMILES string of the molecule is COc1cccc2cc(-c3cn(C4CNC4)c4ncnc(N)c34)sc12. The van der Waals surface area contributed by atoms with E-state index in [4.69, 9.17) is 10.5 Å². The number of nitrogens with two attached hydrogens (primary N) is 1. The molecule has 126 valence electrons. The minimum atomic E-state index is 0.412. The molecule has 1 fully saturated rings. The molecule has 25 heavy (non-hydrogen) atoms. The van der Waals surface area contributed by atoms with Crippen molar-refractivity contribution in [2.75, 3.05) is 25.9 Å². The van der Waals surface area contributed by atoms with Crippen molar-refractivity contribution in [1.29, 1.82) is 0 Å². The topological polar surface area (TPSA) is 78.0 Å². The van der Waals surface area contributed by atoms with Crippen LogP contribution in [0.2, 0.25) is 0 Å². The molecule has 0 radical (unpaired) electrons. The van der Waals surface area contributed by atoms with E-state index in [-0.39, 0.29) is 0 Å². The Bertz CT molecular complexity index is 1100. The van der Waals surface area contributed by atoms with Crippen LogP contribution in [0.15, 0.2) is 36.8 Å². The fourth-order valence-electron chi connectivity index (χ4n) is 3.37. The first-order chi connectivity index (χ1) is 12.3. The van der Waals surface area contributed by atoms with E-state index in [9.17, 15) is 0 Å². The maximum atomic E-state index is 6.22. The lowest BCUT2D eigenvalue weighted by molar-refractivity contribution is 0.350. The van der Waals surface area contributed by atoms with Crippen LogP contribution < -0.4 is 15.8 Å². The number of fused-ring (bicyclic) bond motifs is 2. The quantitative estimate of drug-likeness (QED) is 0.593. The van der Waals surface area contributed by atoms with Gasteiger partial charge in [0.15, 0.2) is 0 Å². The molecule has 0 bridgehead atoms. The fraction of sp³-hybridized carbons (Fsp3) is 0.222. The van der Waals surface area contributed by atoms with Crippen LogP contribution in [-0.4, -0.2) is 34.7 Å². The number of methoxy groups -OCH3 is 1. The van der Waals surface area contributed by atoms with Gasteiger partial charge in [0.05, 0.1) is 23.2 Å². The molecule has 3 N–H and O–H groups in total. The zero-order valence-electron chi connectivity index (χ0n) is 13.7. The van der Waals surface area contributed by atoms with Crippen molar-refractivity contribution in [3.05, 3.63) is 36.8 Å². The number of thiophene rings is 1. The molecule has 0 spiro atoms. The summed E-state index contributed by atoms with van der Waals surface area (Å²) in [5, 5.41) is 5.41. The van der Waals surface area contributed by atoms with E-state index in [1.54, 1.807) is 18.4 Å². The van der Waals surface area contributed by atoms with Gasteiger partial charge in [0.2, 0.25) is 0 Å². The molecule has 0 atom stereocenters. The minimum absolute atomic E-state index is 0.412. The van der Waals surface area contributed by atoms with Crippen LogP contribution in [0.1, 0.15) is 6.04 Å². The zero-order valence-corrected chi connectivity index (χ0v) is 14.5. The van der Waals surface area contributed by atoms with Gasteiger partial charge in [0, 0.05) is 29.7 Å². The number of ether oxygens (including phenoxy) is 1. The lowest BCUT2D eigenvalue weighted by Crippen LogP contribution is -2.43. The van der Waals surface area contributed by atoms with Crippen molar-refractivity contribution < 1.29 is 4.74 Å². The van der Waals surface area contributed by atoms with Crippen LogP contribution in [0.3, 0.4) is 0 Å². The molecule has 0 saturated carbocycles. The van der Waals surface area contributed by atoms with Crippen LogP contribution in [0, 0.1) is 0 Å². The Morgan fingerprint density at radius 1 is 1.32 bits per heavy atom. The van der Waals surface area contributed by atoms with E-state index >= 15 is 0 Å². The summed E-state index contributed by atoms with van der Waals surface area (Å²) in [7, 11) is 1.70. The molecule has 4 aromatic rings. The second-order valence-electron chi connectivity index (χ2n) is 6.21. The molecular formula is C18H17N5OS. The van der Waals surface area contributed by atoms with E-state index in [0.29, 0.717) is 11.9 Å². The smallest absolute Gasteiger partial charge is 0.146 e. The number of nitrogen functional groups attached to an aromatic ring is 1. The minimum Gasteiger partial charge on any atom is -0.495 e. The molecule has 0 aliphatic carbocycles. The molecule has 5 rings (SSSR count). The average molecular weight is 351 g/mol. The molecule has 6 nitrogen and oxygen atoms in total. The van der Waals surface area contributed by atoms with Crippen molar-refractivity contribution in [1.82, 2.24) is 19.9 Å². The third-order valence-corrected chi connectivity index (χ3v) is 5.98. The van der Waals surface area contributed by atoms with Crippen LogP contribution in [0.5, 0.6) is 5.75 Å². The summed E-state index contributed by atoms with van der Waals surface area (Å²) in [4.78, 5) is 9.87. The molecule has 3 aromatic heterocycles. The summed E-state index contributed by atoms with van der Waals surface area (Å²) >= 11 is 1.71. The number of aromatic nitrogens is 3. The number of anilines is 1. The summed E-state index contributed by atoms with van der Waals surface area (Å²) in [5.41, 5.74) is 8.21. The predicted octanol–water partition coefficient (Wildman–Crippen LogP) is 3.05. The first kappa shape index (κ1) is 14.7. The Labute approximate surface area is 148 Å². The Morgan fingerprint density at radius 3 is 2.96 bits per heavy atom. The van der Waals surface area contributed by atoms with Gasteiger partial charge in [-0.05, 0) is 17.5 Å². The Balaban J connectivity index is 1.78. The van der Waals surface area contributed by atoms with E-state index < -0.39 is 0 Å². The van der Waals surface area contributed by atoms with Gasteiger partial charge in [0.1, 0.15) is 23.5 Å². The van der Waals surface area contributed by atoms with Crippen molar-refractivity contribution in [3.63, 3.8) is 0 Å². The summed E-state index contributed by atoms with van der Waals surface area (Å²) in [6, 6.07) is 8.70. The van der Waals surface area contributed by atoms with E-state index in [2.05, 4.69) is 38.2 Å². The zero-order chi connectivity index (χ0) is 17.0. The molecule has 1 aromatic carbocycles. The summed E-state index contributed by atoms with van der Waals surface area (Å²) < 4.78 is 8.87. The number of hydrogen-bond donors (Lipinski definition) is 2. The normalized spacial score (nSPS) is 14.9. The largest absolute Gasteiger partial charge is 0.495 e. The predicted molar refractivity (Wildman–Crippen MR) is 101 cm³/mol. The maximum Gasteiger partial charge on any atom is 0.146 e. The molecule has 1 aliphatic heterocycles. The van der Waals surface area contributed by atoms with Gasteiger partial charge in [-0.1, -0.05) is 12.1 Å². The highest BCUT2D eigenvalue weighted by atomic mass is 32.1. The molecule has 1 saturated heterocycles. The van der Waals surface area contributed by atoms with Gasteiger partial charge >= 0.3 is 0 Å². The number of nitrogens with zero attached hydrogens (tertiary/aromatic N) is 3. The van der Waals surface area contributed by atoms with E-state index in [1.807, 2.05) is 12.1 Å². The summed E-state index contributed by atoms with van der Waals surface area (Å²) in [5.74, 6) is 1.42. The molecule has 4 heterocycles. The highest BCUT2D eigenvalue weighted by Gasteiger charge is 2.25. The van der Waals surface area contributed by atoms with Crippen LogP contribution >= 0.6 is 11.3 Å². The van der Waals surface area contributed by atoms with Gasteiger partial charge < -0.3 is 20.4 Å². The van der Waals surface area contributed by atoms with Gasteiger partial charge in [0.25, 0.3) is 0 Å². The molecule has 0 unspecified atom stereocenters. The monoisotopic (exact) mass is 351 g/mol. The highest BCUT2D eigenvalue weighted by Crippen LogP contribution is 2.42. The first-order valence-corrected chi connectivity index (χ1v) is 8.96.